The molecule has 2 aromatic heterocycles. The van der Waals surface area contributed by atoms with Crippen LogP contribution >= 0.6 is 0 Å². The Hall–Kier alpha value is -1.38. The minimum Gasteiger partial charge on any atom is -0.148 e. The Kier molecular flexibility index (Phi) is 1.18. The summed E-state index contributed by atoms with van der Waals surface area (Å²) < 4.78 is 3.96. The van der Waals surface area contributed by atoms with Gasteiger partial charge in [-0.2, -0.15) is 0 Å². The van der Waals surface area contributed by atoms with Crippen LogP contribution < -0.4 is 4.52 Å². The summed E-state index contributed by atoms with van der Waals surface area (Å²) in [5, 5.41) is 0. The van der Waals surface area contributed by atoms with Crippen molar-refractivity contribution in [3.8, 4) is 0 Å². The third-order valence-corrected chi connectivity index (χ3v) is 1.74. The van der Waals surface area contributed by atoms with E-state index in [1.807, 2.05) is 15.2 Å². The summed E-state index contributed by atoms with van der Waals surface area (Å²) in [6.45, 7) is 4.14. The van der Waals surface area contributed by atoms with Crippen molar-refractivity contribution in [3.63, 3.8) is 0 Å². The maximum Gasteiger partial charge on any atom is 0.311 e. The smallest absolute Gasteiger partial charge is 0.148 e. The Morgan fingerprint density at radius 2 is 2.27 bits per heavy atom. The standard InChI is InChI=1S/C8H10N3/c1-7-3-8(2)11-6-9-5-10(11)4-7/h3-6H,1-2H3/q+1. The van der Waals surface area contributed by atoms with Crippen molar-refractivity contribution in [1.82, 2.24) is 9.50 Å². The van der Waals surface area contributed by atoms with Crippen molar-refractivity contribution in [1.29, 1.82) is 0 Å². The number of aromatic nitrogens is 3. The van der Waals surface area contributed by atoms with Crippen molar-refractivity contribution >= 4 is 0 Å². The van der Waals surface area contributed by atoms with Crippen LogP contribution in [0.3, 0.4) is 0 Å². The van der Waals surface area contributed by atoms with Crippen LogP contribution in [-0.2, 0) is 0 Å². The molecule has 2 heterocycles. The summed E-state index contributed by atoms with van der Waals surface area (Å²) in [6, 6.07) is 2.13. The van der Waals surface area contributed by atoms with E-state index in [9.17, 15) is 0 Å². The van der Waals surface area contributed by atoms with E-state index < -0.39 is 0 Å². The van der Waals surface area contributed by atoms with Crippen LogP contribution in [0, 0.1) is 13.8 Å². The highest BCUT2D eigenvalue weighted by Gasteiger charge is 2.01. The molecule has 0 unspecified atom stereocenters. The van der Waals surface area contributed by atoms with Gasteiger partial charge in [-0.1, -0.05) is 0 Å². The molecule has 0 saturated heterocycles. The summed E-state index contributed by atoms with van der Waals surface area (Å²) in [4.78, 5) is 4.03. The molecule has 3 nitrogen and oxygen atoms in total. The van der Waals surface area contributed by atoms with Crippen molar-refractivity contribution in [2.75, 3.05) is 0 Å². The topological polar surface area (TPSA) is 21.4 Å². The van der Waals surface area contributed by atoms with E-state index in [4.69, 9.17) is 0 Å². The summed E-state index contributed by atoms with van der Waals surface area (Å²) in [7, 11) is 0. The third-order valence-electron chi connectivity index (χ3n) is 1.74. The second-order valence-electron chi connectivity index (χ2n) is 2.76. The van der Waals surface area contributed by atoms with Gasteiger partial charge in [-0.3, -0.25) is 0 Å². The van der Waals surface area contributed by atoms with Crippen molar-refractivity contribution in [3.05, 3.63) is 36.2 Å². The van der Waals surface area contributed by atoms with Gasteiger partial charge in [0.25, 0.3) is 0 Å². The average molecular weight is 148 g/mol. The predicted molar refractivity (Wildman–Crippen MR) is 40.3 cm³/mol. The molecule has 0 aliphatic rings. The molecule has 0 radical (unpaired) electrons. The zero-order valence-electron chi connectivity index (χ0n) is 6.65. The fourth-order valence-electron chi connectivity index (χ4n) is 1.29. The second-order valence-corrected chi connectivity index (χ2v) is 2.76. The van der Waals surface area contributed by atoms with E-state index in [0.717, 1.165) is 0 Å². The van der Waals surface area contributed by atoms with Gasteiger partial charge >= 0.3 is 6.33 Å². The molecule has 56 valence electrons. The van der Waals surface area contributed by atoms with Crippen LogP contribution in [-0.4, -0.2) is 9.50 Å². The lowest BCUT2D eigenvalue weighted by molar-refractivity contribution is -0.620. The number of nitrogens with zero attached hydrogens (tertiary/aromatic N) is 3. The van der Waals surface area contributed by atoms with Gasteiger partial charge in [0.2, 0.25) is 6.33 Å². The molecule has 0 spiro atoms. The Morgan fingerprint density at radius 3 is 3.09 bits per heavy atom. The highest BCUT2D eigenvalue weighted by molar-refractivity contribution is 5.07. The highest BCUT2D eigenvalue weighted by atomic mass is 15.3. The van der Waals surface area contributed by atoms with Gasteiger partial charge in [0, 0.05) is 0 Å². The fraction of sp³-hybridized carbons (Fsp3) is 0.250. The molecule has 0 aromatic carbocycles. The first kappa shape index (κ1) is 6.34. The lowest BCUT2D eigenvalue weighted by Gasteiger charge is -1.95. The Morgan fingerprint density at radius 1 is 1.45 bits per heavy atom. The van der Waals surface area contributed by atoms with Gasteiger partial charge in [0.1, 0.15) is 6.20 Å². The first-order chi connectivity index (χ1) is 5.27. The maximum atomic E-state index is 4.03. The molecular formula is C8H10N3+. The quantitative estimate of drug-likeness (QED) is 0.499. The molecule has 0 aliphatic heterocycles. The second kappa shape index (κ2) is 2.05. The summed E-state index contributed by atoms with van der Waals surface area (Å²) >= 11 is 0. The minimum absolute atomic E-state index is 1.20. The highest BCUT2D eigenvalue weighted by Crippen LogP contribution is 1.96. The van der Waals surface area contributed by atoms with Crippen molar-refractivity contribution in [2.45, 2.75) is 13.8 Å². The number of hydrogen-bond acceptors (Lipinski definition) is 1. The van der Waals surface area contributed by atoms with Gasteiger partial charge in [0.05, 0.1) is 5.69 Å². The Bertz CT molecular complexity index is 389. The zero-order chi connectivity index (χ0) is 7.84. The van der Waals surface area contributed by atoms with Gasteiger partial charge < -0.3 is 0 Å². The molecule has 0 fully saturated rings. The zero-order valence-corrected chi connectivity index (χ0v) is 6.65. The number of aryl methyl sites for hydroxylation is 2. The van der Waals surface area contributed by atoms with E-state index in [-0.39, 0.29) is 0 Å². The van der Waals surface area contributed by atoms with Gasteiger partial charge in [-0.05, 0) is 30.5 Å². The van der Waals surface area contributed by atoms with Crippen LogP contribution in [0.1, 0.15) is 11.3 Å². The molecule has 2 aromatic rings. The lowest BCUT2D eigenvalue weighted by atomic mass is 10.3. The number of hydrogen-bond donors (Lipinski definition) is 0. The molecule has 0 atom stereocenters. The molecule has 0 N–H and O–H groups in total. The van der Waals surface area contributed by atoms with Crippen LogP contribution in [0.25, 0.3) is 0 Å². The molecule has 0 amide bonds. The Labute approximate surface area is 64.9 Å². The van der Waals surface area contributed by atoms with E-state index in [2.05, 4.69) is 24.9 Å². The minimum atomic E-state index is 1.20. The van der Waals surface area contributed by atoms with E-state index in [1.54, 1.807) is 12.7 Å². The van der Waals surface area contributed by atoms with Crippen LogP contribution in [0.4, 0.5) is 0 Å². The van der Waals surface area contributed by atoms with E-state index >= 15 is 0 Å². The van der Waals surface area contributed by atoms with E-state index in [1.165, 1.54) is 11.3 Å². The molecule has 11 heavy (non-hydrogen) atoms. The van der Waals surface area contributed by atoms with Crippen LogP contribution in [0.2, 0.25) is 0 Å². The molecular weight excluding hydrogens is 138 g/mol. The molecule has 3 heteroatoms. The van der Waals surface area contributed by atoms with Crippen molar-refractivity contribution in [2.24, 2.45) is 0 Å². The predicted octanol–water partition coefficient (Wildman–Crippen LogP) is 0.537. The maximum absolute atomic E-state index is 4.03. The fourth-order valence-corrected chi connectivity index (χ4v) is 1.29. The van der Waals surface area contributed by atoms with Gasteiger partial charge in [0.15, 0.2) is 0 Å². The SMILES string of the molecule is Cc1cc(C)n2cnc[n+]2c1. The van der Waals surface area contributed by atoms with Crippen LogP contribution in [0.15, 0.2) is 24.9 Å². The summed E-state index contributed by atoms with van der Waals surface area (Å²) in [6.07, 6.45) is 5.63. The first-order valence-electron chi connectivity index (χ1n) is 3.58. The van der Waals surface area contributed by atoms with Crippen LogP contribution in [0.5, 0.6) is 0 Å². The summed E-state index contributed by atoms with van der Waals surface area (Å²) in [5.41, 5.74) is 2.45. The van der Waals surface area contributed by atoms with Gasteiger partial charge in [-0.25, -0.2) is 0 Å². The number of fused-ring (bicyclic) bond motifs is 1. The molecule has 0 bridgehead atoms. The van der Waals surface area contributed by atoms with Crippen molar-refractivity contribution < 1.29 is 4.52 Å². The normalized spacial score (nSPS) is 10.7. The Balaban J connectivity index is 2.91. The first-order valence-corrected chi connectivity index (χ1v) is 3.58. The molecule has 0 saturated carbocycles. The largest absolute Gasteiger partial charge is 0.311 e. The monoisotopic (exact) mass is 148 g/mol. The summed E-state index contributed by atoms with van der Waals surface area (Å²) in [5.74, 6) is 0. The third kappa shape index (κ3) is 0.888. The number of rotatable bonds is 0. The lowest BCUT2D eigenvalue weighted by Crippen LogP contribution is -2.28. The average Bonchev–Trinajstić information content (AvgIpc) is 2.34. The molecule has 2 rings (SSSR count). The molecule has 0 aliphatic carbocycles. The van der Waals surface area contributed by atoms with Gasteiger partial charge in [-0.15, -0.1) is 9.03 Å². The van der Waals surface area contributed by atoms with E-state index in [0.29, 0.717) is 0 Å².